The fourth-order valence-corrected chi connectivity index (χ4v) is 3.99. The Hall–Kier alpha value is -1.61. The Labute approximate surface area is 165 Å². The number of hydrogen-bond acceptors (Lipinski definition) is 5. The van der Waals surface area contributed by atoms with Gasteiger partial charge >= 0.3 is 0 Å². The molecule has 0 radical (unpaired) electrons. The average Bonchev–Trinajstić information content (AvgIpc) is 2.63. The number of sulfone groups is 1. The molecule has 148 valence electrons. The van der Waals surface area contributed by atoms with E-state index in [1.54, 1.807) is 19.1 Å². The maximum atomic E-state index is 12.3. The van der Waals surface area contributed by atoms with Crippen LogP contribution in [0.25, 0.3) is 0 Å². The van der Waals surface area contributed by atoms with Gasteiger partial charge in [-0.15, -0.1) is 0 Å². The standard InChI is InChI=1S/C18H22ClNO5S2/c1-2-26(21,22)14-13-25-17-7-9-18(10-8-17)27(23,24)20-12-11-15-3-5-16(19)6-4-15/h3-10,20H,2,11-14H2,1H3. The van der Waals surface area contributed by atoms with Crippen molar-refractivity contribution in [3.63, 3.8) is 0 Å². The van der Waals surface area contributed by atoms with Gasteiger partial charge in [-0.1, -0.05) is 30.7 Å². The number of hydrogen-bond donors (Lipinski definition) is 1. The smallest absolute Gasteiger partial charge is 0.240 e. The van der Waals surface area contributed by atoms with Crippen LogP contribution in [0, 0.1) is 0 Å². The molecule has 0 saturated heterocycles. The quantitative estimate of drug-likeness (QED) is 0.624. The van der Waals surface area contributed by atoms with Gasteiger partial charge < -0.3 is 4.74 Å². The highest BCUT2D eigenvalue weighted by molar-refractivity contribution is 7.91. The van der Waals surface area contributed by atoms with Crippen LogP contribution in [0.2, 0.25) is 5.02 Å². The number of halogens is 1. The summed E-state index contributed by atoms with van der Waals surface area (Å²) < 4.78 is 55.4. The molecule has 27 heavy (non-hydrogen) atoms. The van der Waals surface area contributed by atoms with Crippen molar-refractivity contribution in [2.24, 2.45) is 0 Å². The number of nitrogens with one attached hydrogen (secondary N) is 1. The lowest BCUT2D eigenvalue weighted by atomic mass is 10.2. The Balaban J connectivity index is 1.87. The minimum atomic E-state index is -3.63. The summed E-state index contributed by atoms with van der Waals surface area (Å²) in [6.45, 7) is 1.87. The van der Waals surface area contributed by atoms with Gasteiger partial charge in [-0.25, -0.2) is 21.6 Å². The lowest BCUT2D eigenvalue weighted by Gasteiger charge is -2.09. The van der Waals surface area contributed by atoms with E-state index >= 15 is 0 Å². The van der Waals surface area contributed by atoms with Crippen molar-refractivity contribution in [1.29, 1.82) is 0 Å². The molecule has 1 N–H and O–H groups in total. The Morgan fingerprint density at radius 3 is 2.19 bits per heavy atom. The van der Waals surface area contributed by atoms with Crippen LogP contribution in [0.15, 0.2) is 53.4 Å². The van der Waals surface area contributed by atoms with Crippen molar-refractivity contribution in [3.05, 3.63) is 59.1 Å². The minimum Gasteiger partial charge on any atom is -0.493 e. The molecule has 0 atom stereocenters. The Bertz CT molecular complexity index is 940. The molecule has 2 aromatic rings. The van der Waals surface area contributed by atoms with Crippen molar-refractivity contribution in [2.45, 2.75) is 18.2 Å². The highest BCUT2D eigenvalue weighted by atomic mass is 35.5. The largest absolute Gasteiger partial charge is 0.493 e. The zero-order chi connectivity index (χ0) is 19.9. The predicted octanol–water partition coefficient (Wildman–Crippen LogP) is 2.67. The number of rotatable bonds is 10. The summed E-state index contributed by atoms with van der Waals surface area (Å²) in [5.74, 6) is 0.409. The molecular formula is C18H22ClNO5S2. The first kappa shape index (κ1) is 21.7. The van der Waals surface area contributed by atoms with Crippen LogP contribution in [0.1, 0.15) is 12.5 Å². The van der Waals surface area contributed by atoms with Gasteiger partial charge in [0.1, 0.15) is 12.4 Å². The van der Waals surface area contributed by atoms with Crippen molar-refractivity contribution in [3.8, 4) is 5.75 Å². The van der Waals surface area contributed by atoms with E-state index in [9.17, 15) is 16.8 Å². The highest BCUT2D eigenvalue weighted by Gasteiger charge is 2.14. The van der Waals surface area contributed by atoms with Gasteiger partial charge in [-0.3, -0.25) is 0 Å². The molecule has 0 aromatic heterocycles. The minimum absolute atomic E-state index is 0.0294. The van der Waals surface area contributed by atoms with E-state index in [1.807, 2.05) is 12.1 Å². The Morgan fingerprint density at radius 2 is 1.59 bits per heavy atom. The summed E-state index contributed by atoms with van der Waals surface area (Å²) in [4.78, 5) is 0.118. The lowest BCUT2D eigenvalue weighted by Crippen LogP contribution is -2.26. The summed E-state index contributed by atoms with van der Waals surface area (Å²) in [6, 6.07) is 13.1. The first-order valence-electron chi connectivity index (χ1n) is 8.39. The Morgan fingerprint density at radius 1 is 0.963 bits per heavy atom. The van der Waals surface area contributed by atoms with Crippen LogP contribution in [-0.4, -0.2) is 41.5 Å². The zero-order valence-corrected chi connectivity index (χ0v) is 17.3. The molecule has 9 heteroatoms. The van der Waals surface area contributed by atoms with Crippen LogP contribution in [0.5, 0.6) is 5.75 Å². The molecule has 0 aliphatic carbocycles. The molecule has 0 unspecified atom stereocenters. The van der Waals surface area contributed by atoms with E-state index in [0.29, 0.717) is 17.2 Å². The van der Waals surface area contributed by atoms with Crippen molar-refractivity contribution in [1.82, 2.24) is 4.72 Å². The molecule has 0 amide bonds. The molecule has 2 aromatic carbocycles. The molecule has 0 saturated carbocycles. The maximum absolute atomic E-state index is 12.3. The molecular weight excluding hydrogens is 410 g/mol. The fraction of sp³-hybridized carbons (Fsp3) is 0.333. The first-order valence-corrected chi connectivity index (χ1v) is 12.1. The van der Waals surface area contributed by atoms with E-state index in [1.165, 1.54) is 24.3 Å². The molecule has 0 aliphatic rings. The second-order valence-corrected chi connectivity index (χ2v) is 10.5. The first-order chi connectivity index (χ1) is 12.7. The van der Waals surface area contributed by atoms with Crippen LogP contribution < -0.4 is 9.46 Å². The SMILES string of the molecule is CCS(=O)(=O)CCOc1ccc(S(=O)(=O)NCCc2ccc(Cl)cc2)cc1. The van der Waals surface area contributed by atoms with Gasteiger partial charge in [-0.05, 0) is 48.4 Å². The second kappa shape index (κ2) is 9.54. The molecule has 0 aliphatic heterocycles. The monoisotopic (exact) mass is 431 g/mol. The number of sulfonamides is 1. The van der Waals surface area contributed by atoms with E-state index in [0.717, 1.165) is 5.56 Å². The van der Waals surface area contributed by atoms with Gasteiger partial charge in [-0.2, -0.15) is 0 Å². The number of benzene rings is 2. The summed E-state index contributed by atoms with van der Waals surface area (Å²) in [5, 5.41) is 0.633. The fourth-order valence-electron chi connectivity index (χ4n) is 2.21. The van der Waals surface area contributed by atoms with Gasteiger partial charge in [0.25, 0.3) is 0 Å². The van der Waals surface area contributed by atoms with Crippen LogP contribution in [0.3, 0.4) is 0 Å². The third-order valence-corrected chi connectivity index (χ3v) is 7.25. The van der Waals surface area contributed by atoms with Crippen LogP contribution >= 0.6 is 11.6 Å². The molecule has 0 spiro atoms. The van der Waals surface area contributed by atoms with E-state index in [4.69, 9.17) is 16.3 Å². The Kier molecular flexibility index (Phi) is 7.67. The van der Waals surface area contributed by atoms with Crippen molar-refractivity contribution in [2.75, 3.05) is 24.7 Å². The summed E-state index contributed by atoms with van der Waals surface area (Å²) >= 11 is 5.82. The van der Waals surface area contributed by atoms with Gasteiger partial charge in [0.15, 0.2) is 9.84 Å². The van der Waals surface area contributed by atoms with E-state index in [2.05, 4.69) is 4.72 Å². The van der Waals surface area contributed by atoms with Crippen molar-refractivity contribution >= 4 is 31.5 Å². The second-order valence-electron chi connectivity index (χ2n) is 5.83. The topological polar surface area (TPSA) is 89.5 Å². The summed E-state index contributed by atoms with van der Waals surface area (Å²) in [7, 11) is -6.73. The van der Waals surface area contributed by atoms with E-state index in [-0.39, 0.29) is 29.6 Å². The maximum Gasteiger partial charge on any atom is 0.240 e. The third-order valence-electron chi connectivity index (χ3n) is 3.86. The third kappa shape index (κ3) is 7.14. The van der Waals surface area contributed by atoms with Crippen LogP contribution in [-0.2, 0) is 26.3 Å². The predicted molar refractivity (Wildman–Crippen MR) is 107 cm³/mol. The van der Waals surface area contributed by atoms with Crippen LogP contribution in [0.4, 0.5) is 0 Å². The molecule has 0 heterocycles. The molecule has 0 bridgehead atoms. The zero-order valence-electron chi connectivity index (χ0n) is 14.9. The molecule has 2 rings (SSSR count). The normalized spacial score (nSPS) is 12.1. The van der Waals surface area contributed by atoms with E-state index < -0.39 is 19.9 Å². The summed E-state index contributed by atoms with van der Waals surface area (Å²) in [5.41, 5.74) is 0.980. The molecule has 0 fully saturated rings. The highest BCUT2D eigenvalue weighted by Crippen LogP contribution is 2.16. The number of ether oxygens (including phenoxy) is 1. The lowest BCUT2D eigenvalue weighted by molar-refractivity contribution is 0.340. The van der Waals surface area contributed by atoms with Gasteiger partial charge in [0, 0.05) is 17.3 Å². The average molecular weight is 432 g/mol. The van der Waals surface area contributed by atoms with Gasteiger partial charge in [0.2, 0.25) is 10.0 Å². The molecule has 6 nitrogen and oxygen atoms in total. The van der Waals surface area contributed by atoms with Gasteiger partial charge in [0.05, 0.1) is 10.6 Å². The summed E-state index contributed by atoms with van der Waals surface area (Å²) in [6.07, 6.45) is 0.545. The van der Waals surface area contributed by atoms with Crippen molar-refractivity contribution < 1.29 is 21.6 Å².